The minimum absolute atomic E-state index is 0.121. The number of aryl methyl sites for hydroxylation is 1. The van der Waals surface area contributed by atoms with Crippen LogP contribution in [0, 0.1) is 13.8 Å². The van der Waals surface area contributed by atoms with E-state index in [9.17, 15) is 4.79 Å². The van der Waals surface area contributed by atoms with E-state index in [2.05, 4.69) is 10.3 Å². The quantitative estimate of drug-likeness (QED) is 0.861. The molecule has 0 saturated carbocycles. The predicted molar refractivity (Wildman–Crippen MR) is 64.8 cm³/mol. The molecule has 0 bridgehead atoms. The number of amides is 1. The summed E-state index contributed by atoms with van der Waals surface area (Å²) in [6, 6.07) is 3.72. The lowest BCUT2D eigenvalue weighted by atomic mass is 10.1. The molecule has 1 N–H and O–H groups in total. The number of carbonyl (C=O) groups excluding carboxylic acids is 1. The zero-order valence-electron chi connectivity index (χ0n) is 10.1. The SMILES string of the molecule is CNC(=O)c1c(C)oc(-c2ccncc2)c1C. The van der Waals surface area contributed by atoms with Gasteiger partial charge in [0.15, 0.2) is 0 Å². The first kappa shape index (κ1) is 11.4. The van der Waals surface area contributed by atoms with Crippen LogP contribution in [0.3, 0.4) is 0 Å². The zero-order chi connectivity index (χ0) is 12.4. The number of nitrogens with zero attached hydrogens (tertiary/aromatic N) is 1. The van der Waals surface area contributed by atoms with Gasteiger partial charge in [0, 0.05) is 30.6 Å². The highest BCUT2D eigenvalue weighted by Crippen LogP contribution is 2.30. The third kappa shape index (κ3) is 1.93. The van der Waals surface area contributed by atoms with E-state index in [0.29, 0.717) is 11.3 Å². The molecule has 0 atom stereocenters. The Hall–Kier alpha value is -2.10. The van der Waals surface area contributed by atoms with E-state index in [0.717, 1.165) is 16.9 Å². The summed E-state index contributed by atoms with van der Waals surface area (Å²) in [7, 11) is 1.61. The molecule has 2 aromatic heterocycles. The van der Waals surface area contributed by atoms with Crippen molar-refractivity contribution >= 4 is 5.91 Å². The van der Waals surface area contributed by atoms with Gasteiger partial charge in [0.1, 0.15) is 11.5 Å². The second kappa shape index (κ2) is 4.41. The van der Waals surface area contributed by atoms with Crippen molar-refractivity contribution in [2.24, 2.45) is 0 Å². The van der Waals surface area contributed by atoms with Gasteiger partial charge >= 0.3 is 0 Å². The number of pyridine rings is 1. The molecule has 4 heteroatoms. The molecule has 0 spiro atoms. The van der Waals surface area contributed by atoms with Crippen LogP contribution in [0.4, 0.5) is 0 Å². The zero-order valence-corrected chi connectivity index (χ0v) is 10.1. The molecule has 0 aliphatic heterocycles. The van der Waals surface area contributed by atoms with Crippen molar-refractivity contribution in [3.8, 4) is 11.3 Å². The van der Waals surface area contributed by atoms with Crippen LogP contribution >= 0.6 is 0 Å². The Morgan fingerprint density at radius 1 is 1.29 bits per heavy atom. The minimum atomic E-state index is -0.121. The number of aromatic nitrogens is 1. The Labute approximate surface area is 99.7 Å². The molecular weight excluding hydrogens is 216 g/mol. The second-order valence-electron chi connectivity index (χ2n) is 3.80. The molecule has 0 aliphatic carbocycles. The van der Waals surface area contributed by atoms with Gasteiger partial charge in [-0.15, -0.1) is 0 Å². The molecule has 88 valence electrons. The normalized spacial score (nSPS) is 10.3. The fourth-order valence-corrected chi connectivity index (χ4v) is 1.89. The van der Waals surface area contributed by atoms with Crippen LogP contribution in [0.1, 0.15) is 21.7 Å². The van der Waals surface area contributed by atoms with Gasteiger partial charge in [0.2, 0.25) is 0 Å². The minimum Gasteiger partial charge on any atom is -0.460 e. The van der Waals surface area contributed by atoms with Crippen LogP contribution in [0.5, 0.6) is 0 Å². The Balaban J connectivity index is 2.56. The molecule has 2 rings (SSSR count). The lowest BCUT2D eigenvalue weighted by Crippen LogP contribution is -2.18. The first-order chi connectivity index (χ1) is 8.15. The highest BCUT2D eigenvalue weighted by molar-refractivity contribution is 5.98. The smallest absolute Gasteiger partial charge is 0.254 e. The van der Waals surface area contributed by atoms with Gasteiger partial charge in [0.25, 0.3) is 5.91 Å². The molecule has 2 aromatic rings. The van der Waals surface area contributed by atoms with Gasteiger partial charge in [-0.3, -0.25) is 9.78 Å². The van der Waals surface area contributed by atoms with E-state index < -0.39 is 0 Å². The summed E-state index contributed by atoms with van der Waals surface area (Å²) in [5.41, 5.74) is 2.39. The predicted octanol–water partition coefficient (Wildman–Crippen LogP) is 2.32. The van der Waals surface area contributed by atoms with Crippen molar-refractivity contribution in [3.63, 3.8) is 0 Å². The van der Waals surface area contributed by atoms with E-state index in [4.69, 9.17) is 4.42 Å². The highest BCUT2D eigenvalue weighted by Gasteiger charge is 2.20. The first-order valence-corrected chi connectivity index (χ1v) is 5.37. The third-order valence-electron chi connectivity index (χ3n) is 2.72. The number of carbonyl (C=O) groups is 1. The van der Waals surface area contributed by atoms with E-state index in [-0.39, 0.29) is 5.91 Å². The van der Waals surface area contributed by atoms with E-state index in [1.54, 1.807) is 26.4 Å². The summed E-state index contributed by atoms with van der Waals surface area (Å²) in [5, 5.41) is 2.62. The van der Waals surface area contributed by atoms with Crippen LogP contribution < -0.4 is 5.32 Å². The summed E-state index contributed by atoms with van der Waals surface area (Å²) >= 11 is 0. The lowest BCUT2D eigenvalue weighted by molar-refractivity contribution is 0.0961. The number of furan rings is 1. The van der Waals surface area contributed by atoms with Crippen molar-refractivity contribution in [2.45, 2.75) is 13.8 Å². The molecule has 17 heavy (non-hydrogen) atoms. The molecule has 0 aromatic carbocycles. The number of hydrogen-bond acceptors (Lipinski definition) is 3. The monoisotopic (exact) mass is 230 g/mol. The standard InChI is InChI=1S/C13H14N2O2/c1-8-11(13(16)14-3)9(2)17-12(8)10-4-6-15-7-5-10/h4-7H,1-3H3,(H,14,16). The molecule has 1 amide bonds. The Morgan fingerprint density at radius 2 is 1.94 bits per heavy atom. The summed E-state index contributed by atoms with van der Waals surface area (Å²) in [4.78, 5) is 15.7. The summed E-state index contributed by atoms with van der Waals surface area (Å²) in [6.07, 6.45) is 3.40. The maximum Gasteiger partial charge on any atom is 0.254 e. The highest BCUT2D eigenvalue weighted by atomic mass is 16.3. The van der Waals surface area contributed by atoms with Crippen LogP contribution in [-0.2, 0) is 0 Å². The first-order valence-electron chi connectivity index (χ1n) is 5.37. The maximum absolute atomic E-state index is 11.7. The molecule has 2 heterocycles. The van der Waals surface area contributed by atoms with Gasteiger partial charge in [-0.05, 0) is 26.0 Å². The van der Waals surface area contributed by atoms with E-state index in [1.807, 2.05) is 19.1 Å². The third-order valence-corrected chi connectivity index (χ3v) is 2.72. The van der Waals surface area contributed by atoms with Crippen molar-refractivity contribution in [3.05, 3.63) is 41.4 Å². The van der Waals surface area contributed by atoms with Gasteiger partial charge < -0.3 is 9.73 Å². The largest absolute Gasteiger partial charge is 0.460 e. The molecule has 0 unspecified atom stereocenters. The Bertz CT molecular complexity index is 544. The molecular formula is C13H14N2O2. The summed E-state index contributed by atoms with van der Waals surface area (Å²) in [6.45, 7) is 3.68. The second-order valence-corrected chi connectivity index (χ2v) is 3.80. The Morgan fingerprint density at radius 3 is 2.53 bits per heavy atom. The Kier molecular flexibility index (Phi) is 2.95. The molecule has 0 radical (unpaired) electrons. The van der Waals surface area contributed by atoms with Crippen molar-refractivity contribution in [2.75, 3.05) is 7.05 Å². The number of hydrogen-bond donors (Lipinski definition) is 1. The topological polar surface area (TPSA) is 55.1 Å². The van der Waals surface area contributed by atoms with E-state index >= 15 is 0 Å². The van der Waals surface area contributed by atoms with Crippen LogP contribution in [-0.4, -0.2) is 17.9 Å². The molecule has 0 aliphatic rings. The summed E-state index contributed by atoms with van der Waals surface area (Å²) in [5.74, 6) is 1.24. The van der Waals surface area contributed by atoms with Crippen LogP contribution in [0.15, 0.2) is 28.9 Å². The molecule has 4 nitrogen and oxygen atoms in total. The van der Waals surface area contributed by atoms with Gasteiger partial charge in [-0.2, -0.15) is 0 Å². The van der Waals surface area contributed by atoms with Gasteiger partial charge in [-0.1, -0.05) is 0 Å². The van der Waals surface area contributed by atoms with Crippen LogP contribution in [0.2, 0.25) is 0 Å². The van der Waals surface area contributed by atoms with Crippen LogP contribution in [0.25, 0.3) is 11.3 Å². The molecule has 0 fully saturated rings. The number of nitrogens with one attached hydrogen (secondary N) is 1. The fraction of sp³-hybridized carbons (Fsp3) is 0.231. The fourth-order valence-electron chi connectivity index (χ4n) is 1.89. The number of rotatable bonds is 2. The van der Waals surface area contributed by atoms with Gasteiger partial charge in [-0.25, -0.2) is 0 Å². The van der Waals surface area contributed by atoms with Crippen molar-refractivity contribution < 1.29 is 9.21 Å². The summed E-state index contributed by atoms with van der Waals surface area (Å²) < 4.78 is 5.67. The molecule has 0 saturated heterocycles. The average Bonchev–Trinajstić information content (AvgIpc) is 2.65. The average molecular weight is 230 g/mol. The van der Waals surface area contributed by atoms with Crippen molar-refractivity contribution in [1.82, 2.24) is 10.3 Å². The maximum atomic E-state index is 11.7. The van der Waals surface area contributed by atoms with Gasteiger partial charge in [0.05, 0.1) is 5.56 Å². The lowest BCUT2D eigenvalue weighted by Gasteiger charge is -1.99. The van der Waals surface area contributed by atoms with E-state index in [1.165, 1.54) is 0 Å². The van der Waals surface area contributed by atoms with Crippen molar-refractivity contribution in [1.29, 1.82) is 0 Å².